The van der Waals surface area contributed by atoms with Crippen LogP contribution in [-0.4, -0.2) is 55.9 Å². The fourth-order valence-corrected chi connectivity index (χ4v) is 6.49. The van der Waals surface area contributed by atoms with Crippen molar-refractivity contribution >= 4 is 33.4 Å². The van der Waals surface area contributed by atoms with E-state index in [1.807, 2.05) is 17.8 Å². The summed E-state index contributed by atoms with van der Waals surface area (Å²) in [5.74, 6) is 2.16. The summed E-state index contributed by atoms with van der Waals surface area (Å²) in [4.78, 5) is 15.5. The van der Waals surface area contributed by atoms with E-state index in [2.05, 4.69) is 14.9 Å². The first-order chi connectivity index (χ1) is 15.0. The zero-order chi connectivity index (χ0) is 21.7. The molecule has 0 spiro atoms. The predicted molar refractivity (Wildman–Crippen MR) is 126 cm³/mol. The molecule has 0 bridgehead atoms. The van der Waals surface area contributed by atoms with Gasteiger partial charge in [0.1, 0.15) is 0 Å². The molecule has 0 atom stereocenters. The lowest BCUT2D eigenvalue weighted by atomic mass is 9.94. The molecule has 4 rings (SSSR count). The van der Waals surface area contributed by atoms with E-state index >= 15 is 0 Å². The molecule has 2 aromatic rings. The molecule has 0 radical (unpaired) electrons. The van der Waals surface area contributed by atoms with Crippen molar-refractivity contribution in [3.8, 4) is 0 Å². The summed E-state index contributed by atoms with van der Waals surface area (Å²) in [7, 11) is -3.70. The van der Waals surface area contributed by atoms with E-state index in [9.17, 15) is 13.2 Å². The normalized spacial score (nSPS) is 19.1. The Hall–Kier alpha value is -2.03. The number of nitrogens with zero attached hydrogens (tertiary/aromatic N) is 1. The summed E-state index contributed by atoms with van der Waals surface area (Å²) in [6, 6.07) is 14.9. The number of carbonyl (C=O) groups excluding carboxylic acids is 1. The molecule has 1 saturated heterocycles. The predicted octanol–water partition coefficient (Wildman–Crippen LogP) is 3.58. The van der Waals surface area contributed by atoms with E-state index in [-0.39, 0.29) is 16.3 Å². The average Bonchev–Trinajstić information content (AvgIpc) is 3.29. The molecule has 2 aliphatic rings. The number of amides is 1. The lowest BCUT2D eigenvalue weighted by molar-refractivity contribution is 0.0817. The number of sulfonamides is 1. The molecular formula is C23H29N3O3S2. The van der Waals surface area contributed by atoms with Crippen molar-refractivity contribution in [3.05, 3.63) is 60.2 Å². The molecule has 2 fully saturated rings. The third kappa shape index (κ3) is 5.25. The monoisotopic (exact) mass is 459 g/mol. The molecule has 6 nitrogen and oxygen atoms in total. The van der Waals surface area contributed by atoms with Crippen molar-refractivity contribution in [1.82, 2.24) is 10.2 Å². The maximum absolute atomic E-state index is 12.8. The first-order valence-electron chi connectivity index (χ1n) is 10.8. The standard InChI is InChI=1S/C23H29N3O3S2/c27-22(24-18-23(12-4-5-13-23)26-14-16-30-17-15-26)19-8-10-21(11-9-19)31(28,29)25-20-6-2-1-3-7-20/h1-3,6-11,25H,4-5,12-18H2,(H,24,27). The van der Waals surface area contributed by atoms with E-state index in [0.29, 0.717) is 17.8 Å². The fraction of sp³-hybridized carbons (Fsp3) is 0.435. The Kier molecular flexibility index (Phi) is 6.89. The zero-order valence-corrected chi connectivity index (χ0v) is 19.2. The number of anilines is 1. The average molecular weight is 460 g/mol. The van der Waals surface area contributed by atoms with E-state index in [4.69, 9.17) is 0 Å². The van der Waals surface area contributed by atoms with Gasteiger partial charge in [-0.05, 0) is 49.2 Å². The highest BCUT2D eigenvalue weighted by molar-refractivity contribution is 7.99. The summed E-state index contributed by atoms with van der Waals surface area (Å²) >= 11 is 2.00. The molecule has 1 aliphatic carbocycles. The van der Waals surface area contributed by atoms with E-state index in [1.54, 1.807) is 36.4 Å². The van der Waals surface area contributed by atoms with Gasteiger partial charge in [0.25, 0.3) is 15.9 Å². The van der Waals surface area contributed by atoms with Crippen LogP contribution in [0.1, 0.15) is 36.0 Å². The largest absolute Gasteiger partial charge is 0.350 e. The van der Waals surface area contributed by atoms with Gasteiger partial charge in [-0.2, -0.15) is 11.8 Å². The number of rotatable bonds is 7. The molecule has 2 aromatic carbocycles. The maximum Gasteiger partial charge on any atom is 0.261 e. The molecule has 1 saturated carbocycles. The third-order valence-electron chi connectivity index (χ3n) is 6.25. The van der Waals surface area contributed by atoms with Crippen molar-refractivity contribution in [2.24, 2.45) is 0 Å². The Balaban J connectivity index is 1.40. The van der Waals surface area contributed by atoms with Gasteiger partial charge in [0.05, 0.1) is 4.90 Å². The first kappa shape index (κ1) is 22.2. The van der Waals surface area contributed by atoms with Crippen molar-refractivity contribution < 1.29 is 13.2 Å². The van der Waals surface area contributed by atoms with Crippen LogP contribution in [-0.2, 0) is 10.0 Å². The van der Waals surface area contributed by atoms with Crippen LogP contribution in [0, 0.1) is 0 Å². The first-order valence-corrected chi connectivity index (χ1v) is 13.4. The maximum atomic E-state index is 12.8. The molecule has 166 valence electrons. The number of hydrogen-bond donors (Lipinski definition) is 2. The minimum absolute atomic E-state index is 0.0690. The number of nitrogens with one attached hydrogen (secondary N) is 2. The second-order valence-corrected chi connectivity index (χ2v) is 11.1. The quantitative estimate of drug-likeness (QED) is 0.662. The Morgan fingerprint density at radius 2 is 1.61 bits per heavy atom. The summed E-state index contributed by atoms with van der Waals surface area (Å²) in [5, 5.41) is 3.12. The van der Waals surface area contributed by atoms with Crippen LogP contribution in [0.3, 0.4) is 0 Å². The minimum Gasteiger partial charge on any atom is -0.350 e. The molecule has 0 unspecified atom stereocenters. The zero-order valence-electron chi connectivity index (χ0n) is 17.5. The van der Waals surface area contributed by atoms with Crippen LogP contribution < -0.4 is 10.0 Å². The number of thioether (sulfide) groups is 1. The van der Waals surface area contributed by atoms with Crippen molar-refractivity contribution in [3.63, 3.8) is 0 Å². The highest BCUT2D eigenvalue weighted by Crippen LogP contribution is 2.36. The number of carbonyl (C=O) groups is 1. The molecule has 1 heterocycles. The number of para-hydroxylation sites is 1. The van der Waals surface area contributed by atoms with Gasteiger partial charge in [0.15, 0.2) is 0 Å². The lowest BCUT2D eigenvalue weighted by Gasteiger charge is -2.43. The number of hydrogen-bond acceptors (Lipinski definition) is 5. The Bertz CT molecular complexity index is 982. The second kappa shape index (κ2) is 9.63. The van der Waals surface area contributed by atoms with Gasteiger partial charge in [-0.3, -0.25) is 14.4 Å². The van der Waals surface area contributed by atoms with Crippen molar-refractivity contribution in [2.75, 3.05) is 35.9 Å². The van der Waals surface area contributed by atoms with Gasteiger partial charge in [0.2, 0.25) is 0 Å². The smallest absolute Gasteiger partial charge is 0.261 e. The summed E-state index contributed by atoms with van der Waals surface area (Å²) in [6.45, 7) is 2.81. The topological polar surface area (TPSA) is 78.5 Å². The van der Waals surface area contributed by atoms with Crippen molar-refractivity contribution in [2.45, 2.75) is 36.1 Å². The molecule has 1 aliphatic heterocycles. The third-order valence-corrected chi connectivity index (χ3v) is 8.59. The Morgan fingerprint density at radius 3 is 2.26 bits per heavy atom. The molecule has 0 aromatic heterocycles. The van der Waals surface area contributed by atoms with Gasteiger partial charge < -0.3 is 5.32 Å². The van der Waals surface area contributed by atoms with Crippen LogP contribution in [0.25, 0.3) is 0 Å². The van der Waals surface area contributed by atoms with Gasteiger partial charge in [-0.25, -0.2) is 8.42 Å². The van der Waals surface area contributed by atoms with Crippen LogP contribution in [0.2, 0.25) is 0 Å². The van der Waals surface area contributed by atoms with Gasteiger partial charge in [-0.1, -0.05) is 31.0 Å². The minimum atomic E-state index is -3.70. The van der Waals surface area contributed by atoms with E-state index in [0.717, 1.165) is 37.4 Å². The highest BCUT2D eigenvalue weighted by Gasteiger charge is 2.40. The van der Waals surface area contributed by atoms with Gasteiger partial charge in [-0.15, -0.1) is 0 Å². The van der Waals surface area contributed by atoms with Gasteiger partial charge >= 0.3 is 0 Å². The molecule has 1 amide bonds. The highest BCUT2D eigenvalue weighted by atomic mass is 32.2. The van der Waals surface area contributed by atoms with Crippen LogP contribution in [0.15, 0.2) is 59.5 Å². The fourth-order valence-electron chi connectivity index (χ4n) is 4.53. The summed E-state index contributed by atoms with van der Waals surface area (Å²) in [6.07, 6.45) is 4.67. The van der Waals surface area contributed by atoms with E-state index in [1.165, 1.54) is 25.0 Å². The number of benzene rings is 2. The SMILES string of the molecule is O=C(NCC1(N2CCSCC2)CCCC1)c1ccc(S(=O)(=O)Nc2ccccc2)cc1. The Morgan fingerprint density at radius 1 is 0.968 bits per heavy atom. The van der Waals surface area contributed by atoms with Crippen molar-refractivity contribution in [1.29, 1.82) is 0 Å². The second-order valence-electron chi connectivity index (χ2n) is 8.21. The molecule has 31 heavy (non-hydrogen) atoms. The molecule has 8 heteroatoms. The van der Waals surface area contributed by atoms with Crippen LogP contribution in [0.5, 0.6) is 0 Å². The molecule has 2 N–H and O–H groups in total. The van der Waals surface area contributed by atoms with Crippen LogP contribution >= 0.6 is 11.8 Å². The molecular weight excluding hydrogens is 430 g/mol. The van der Waals surface area contributed by atoms with Gasteiger partial charge in [0, 0.05) is 47.9 Å². The van der Waals surface area contributed by atoms with E-state index < -0.39 is 10.0 Å². The lowest BCUT2D eigenvalue weighted by Crippen LogP contribution is -2.56. The van der Waals surface area contributed by atoms with Crippen LogP contribution in [0.4, 0.5) is 5.69 Å². The summed E-state index contributed by atoms with van der Waals surface area (Å²) in [5.41, 5.74) is 1.04. The Labute approximate surface area is 188 Å². The summed E-state index contributed by atoms with van der Waals surface area (Å²) < 4.78 is 27.7.